The summed E-state index contributed by atoms with van der Waals surface area (Å²) in [5.74, 6) is 1.19. The lowest BCUT2D eigenvalue weighted by molar-refractivity contribution is -0.119. The van der Waals surface area contributed by atoms with E-state index in [9.17, 15) is 4.79 Å². The van der Waals surface area contributed by atoms with Crippen LogP contribution in [0.15, 0.2) is 12.4 Å². The van der Waals surface area contributed by atoms with E-state index in [1.807, 2.05) is 6.92 Å². The fourth-order valence-corrected chi connectivity index (χ4v) is 3.65. The number of piperidine rings is 1. The molecule has 1 amide bonds. The second kappa shape index (κ2) is 8.26. The van der Waals surface area contributed by atoms with Gasteiger partial charge in [-0.1, -0.05) is 19.6 Å². The van der Waals surface area contributed by atoms with Crippen LogP contribution in [0.1, 0.15) is 24.8 Å². The van der Waals surface area contributed by atoms with E-state index in [4.69, 9.17) is 4.74 Å². The molecule has 0 saturated carbocycles. The fourth-order valence-electron chi connectivity index (χ4n) is 2.90. The van der Waals surface area contributed by atoms with Gasteiger partial charge in [0.2, 0.25) is 11.9 Å². The molecule has 0 aliphatic carbocycles. The van der Waals surface area contributed by atoms with Gasteiger partial charge in [0.1, 0.15) is 6.73 Å². The number of carbonyl (C=O) groups is 1. The molecule has 0 unspecified atom stereocenters. The minimum atomic E-state index is -1.16. The largest absolute Gasteiger partial charge is 0.359 e. The molecule has 0 spiro atoms. The Morgan fingerprint density at radius 2 is 1.96 bits per heavy atom. The Labute approximate surface area is 161 Å². The highest BCUT2D eigenvalue weighted by molar-refractivity contribution is 6.76. The van der Waals surface area contributed by atoms with E-state index in [1.54, 1.807) is 22.0 Å². The van der Waals surface area contributed by atoms with Crippen LogP contribution in [0.3, 0.4) is 0 Å². The highest BCUT2D eigenvalue weighted by Crippen LogP contribution is 2.25. The summed E-state index contributed by atoms with van der Waals surface area (Å²) in [7, 11) is -1.16. The Kier molecular flexibility index (Phi) is 6.00. The van der Waals surface area contributed by atoms with Crippen molar-refractivity contribution in [2.45, 2.75) is 58.6 Å². The molecule has 3 rings (SSSR count). The molecule has 1 aliphatic rings. The first-order valence-corrected chi connectivity index (χ1v) is 13.2. The average molecular weight is 389 g/mol. The van der Waals surface area contributed by atoms with E-state index in [1.165, 1.54) is 0 Å². The van der Waals surface area contributed by atoms with Crippen molar-refractivity contribution in [2.75, 3.05) is 18.1 Å². The van der Waals surface area contributed by atoms with Gasteiger partial charge in [-0.25, -0.2) is 4.68 Å². The molecule has 0 bridgehead atoms. The van der Waals surface area contributed by atoms with E-state index in [-0.39, 0.29) is 12.6 Å². The van der Waals surface area contributed by atoms with Gasteiger partial charge in [0.15, 0.2) is 5.82 Å². The van der Waals surface area contributed by atoms with Gasteiger partial charge in [-0.3, -0.25) is 9.69 Å². The molecule has 1 saturated heterocycles. The molecule has 1 aliphatic heterocycles. The lowest BCUT2D eigenvalue weighted by atomic mass is 10.1. The van der Waals surface area contributed by atoms with Crippen molar-refractivity contribution in [1.82, 2.24) is 25.0 Å². The second-order valence-corrected chi connectivity index (χ2v) is 13.8. The predicted octanol–water partition coefficient (Wildman–Crippen LogP) is 2.87. The van der Waals surface area contributed by atoms with Crippen molar-refractivity contribution in [3.05, 3.63) is 18.0 Å². The van der Waals surface area contributed by atoms with Gasteiger partial charge in [0.05, 0.1) is 12.4 Å². The van der Waals surface area contributed by atoms with Gasteiger partial charge in [-0.2, -0.15) is 15.2 Å². The van der Waals surface area contributed by atoms with Crippen LogP contribution in [0.4, 0.5) is 5.95 Å². The molecular formula is C18H28N6O2Si. The van der Waals surface area contributed by atoms with Crippen LogP contribution in [0.25, 0.3) is 11.4 Å². The summed E-state index contributed by atoms with van der Waals surface area (Å²) in [5.41, 5.74) is 1.76. The molecule has 8 nitrogen and oxygen atoms in total. The topological polar surface area (TPSA) is 86.0 Å². The molecular weight excluding hydrogens is 360 g/mol. The van der Waals surface area contributed by atoms with Crippen molar-refractivity contribution in [3.8, 4) is 11.4 Å². The first-order chi connectivity index (χ1) is 12.8. The molecule has 3 heterocycles. The number of anilines is 1. The first-order valence-electron chi connectivity index (χ1n) is 9.46. The standard InChI is InChI=1S/C18H28N6O2Si/c1-14-11-19-20-12-15(14)17-21-18(23-8-6-5-7-16(23)25)24(22-17)13-26-9-10-27(2,3)4/h11-12H,5-10,13H2,1-4H3. The lowest BCUT2D eigenvalue weighted by Gasteiger charge is -2.25. The van der Waals surface area contributed by atoms with Gasteiger partial charge in [-0.15, -0.1) is 5.10 Å². The van der Waals surface area contributed by atoms with Gasteiger partial charge in [0, 0.05) is 33.2 Å². The highest BCUT2D eigenvalue weighted by atomic mass is 28.3. The van der Waals surface area contributed by atoms with Crippen LogP contribution in [0.2, 0.25) is 25.7 Å². The van der Waals surface area contributed by atoms with Crippen LogP contribution in [0, 0.1) is 6.92 Å². The van der Waals surface area contributed by atoms with Crippen molar-refractivity contribution in [1.29, 1.82) is 0 Å². The van der Waals surface area contributed by atoms with Crippen LogP contribution in [-0.4, -0.2) is 52.1 Å². The van der Waals surface area contributed by atoms with E-state index in [0.29, 0.717) is 31.3 Å². The lowest BCUT2D eigenvalue weighted by Crippen LogP contribution is -2.37. The third-order valence-electron chi connectivity index (χ3n) is 4.60. The summed E-state index contributed by atoms with van der Waals surface area (Å²) in [6, 6.07) is 1.08. The Bertz CT molecular complexity index is 801. The summed E-state index contributed by atoms with van der Waals surface area (Å²) in [5, 5.41) is 12.4. The zero-order chi connectivity index (χ0) is 19.4. The van der Waals surface area contributed by atoms with Crippen molar-refractivity contribution in [3.63, 3.8) is 0 Å². The predicted molar refractivity (Wildman–Crippen MR) is 106 cm³/mol. The summed E-state index contributed by atoms with van der Waals surface area (Å²) >= 11 is 0. The van der Waals surface area contributed by atoms with Crippen molar-refractivity contribution >= 4 is 19.9 Å². The molecule has 2 aromatic heterocycles. The van der Waals surface area contributed by atoms with E-state index in [0.717, 1.165) is 30.0 Å². The quantitative estimate of drug-likeness (QED) is 0.535. The third-order valence-corrected chi connectivity index (χ3v) is 6.30. The van der Waals surface area contributed by atoms with Gasteiger partial charge < -0.3 is 4.74 Å². The molecule has 27 heavy (non-hydrogen) atoms. The fraction of sp³-hybridized carbons (Fsp3) is 0.611. The van der Waals surface area contributed by atoms with Crippen LogP contribution >= 0.6 is 0 Å². The number of carbonyl (C=O) groups excluding carboxylic acids is 1. The Morgan fingerprint density at radius 3 is 2.67 bits per heavy atom. The Morgan fingerprint density at radius 1 is 1.19 bits per heavy atom. The SMILES string of the molecule is Cc1cnncc1-c1nc(N2CCCCC2=O)n(COCC[Si](C)(C)C)n1. The van der Waals surface area contributed by atoms with Gasteiger partial charge >= 0.3 is 0 Å². The maximum Gasteiger partial charge on any atom is 0.233 e. The number of amides is 1. The molecule has 2 aromatic rings. The minimum absolute atomic E-state index is 0.0909. The smallest absolute Gasteiger partial charge is 0.233 e. The van der Waals surface area contributed by atoms with Crippen LogP contribution in [-0.2, 0) is 16.3 Å². The van der Waals surface area contributed by atoms with Crippen LogP contribution in [0.5, 0.6) is 0 Å². The molecule has 9 heteroatoms. The zero-order valence-electron chi connectivity index (χ0n) is 16.6. The number of rotatable bonds is 7. The minimum Gasteiger partial charge on any atom is -0.359 e. The number of hydrogen-bond donors (Lipinski definition) is 0. The summed E-state index contributed by atoms with van der Waals surface area (Å²) in [4.78, 5) is 18.8. The highest BCUT2D eigenvalue weighted by Gasteiger charge is 2.26. The Balaban J connectivity index is 1.85. The first kappa shape index (κ1) is 19.6. The maximum absolute atomic E-state index is 12.4. The number of nitrogens with zero attached hydrogens (tertiary/aromatic N) is 6. The number of aromatic nitrogens is 5. The molecule has 0 N–H and O–H groups in total. The second-order valence-electron chi connectivity index (χ2n) is 8.17. The van der Waals surface area contributed by atoms with E-state index in [2.05, 4.69) is 39.9 Å². The van der Waals surface area contributed by atoms with Crippen LogP contribution < -0.4 is 4.90 Å². The summed E-state index contributed by atoms with van der Waals surface area (Å²) in [6.07, 6.45) is 5.79. The molecule has 146 valence electrons. The molecule has 0 radical (unpaired) electrons. The molecule has 0 aromatic carbocycles. The maximum atomic E-state index is 12.4. The number of aryl methyl sites for hydroxylation is 1. The molecule has 0 atom stereocenters. The third kappa shape index (κ3) is 4.98. The monoisotopic (exact) mass is 388 g/mol. The summed E-state index contributed by atoms with van der Waals surface area (Å²) in [6.45, 7) is 10.5. The number of hydrogen-bond acceptors (Lipinski definition) is 6. The van der Waals surface area contributed by atoms with Crippen molar-refractivity contribution < 1.29 is 9.53 Å². The normalized spacial score (nSPS) is 15.4. The van der Waals surface area contributed by atoms with Gasteiger partial charge in [0.25, 0.3) is 0 Å². The zero-order valence-corrected chi connectivity index (χ0v) is 17.6. The molecule has 1 fully saturated rings. The number of ether oxygens (including phenoxy) is 1. The Hall–Kier alpha value is -2.13. The summed E-state index contributed by atoms with van der Waals surface area (Å²) < 4.78 is 7.57. The van der Waals surface area contributed by atoms with Gasteiger partial charge in [-0.05, 0) is 31.4 Å². The van der Waals surface area contributed by atoms with E-state index < -0.39 is 8.07 Å². The average Bonchev–Trinajstić information content (AvgIpc) is 3.02. The van der Waals surface area contributed by atoms with Crippen molar-refractivity contribution in [2.24, 2.45) is 0 Å². The van der Waals surface area contributed by atoms with E-state index >= 15 is 0 Å².